The van der Waals surface area contributed by atoms with Gasteiger partial charge in [0.05, 0.1) is 19.9 Å². The van der Waals surface area contributed by atoms with Gasteiger partial charge in [0.15, 0.2) is 11.5 Å². The lowest BCUT2D eigenvalue weighted by Crippen LogP contribution is -2.54. The number of carbonyl (C=O) groups excluding carboxylic acids is 3. The van der Waals surface area contributed by atoms with Gasteiger partial charge in [-0.05, 0) is 72.3 Å². The van der Waals surface area contributed by atoms with E-state index < -0.39 is 17.8 Å². The Balaban J connectivity index is 1.45. The molecule has 1 heterocycles. The highest BCUT2D eigenvalue weighted by Gasteiger charge is 2.36. The van der Waals surface area contributed by atoms with E-state index in [9.17, 15) is 14.4 Å². The molecule has 190 valence electrons. The minimum atomic E-state index is -0.812. The van der Waals surface area contributed by atoms with Crippen LogP contribution in [0.25, 0.3) is 6.08 Å². The predicted molar refractivity (Wildman–Crippen MR) is 140 cm³/mol. The first-order valence-electron chi connectivity index (χ1n) is 11.1. The van der Waals surface area contributed by atoms with E-state index in [2.05, 4.69) is 21.2 Å². The third-order valence-corrected chi connectivity index (χ3v) is 5.88. The number of nitrogens with zero attached hydrogens (tertiary/aromatic N) is 1. The number of anilines is 1. The number of methoxy groups -OCH3 is 2. The minimum absolute atomic E-state index is 0.189. The van der Waals surface area contributed by atoms with Crippen molar-refractivity contribution < 1.29 is 33.3 Å². The maximum absolute atomic E-state index is 13.1. The fourth-order valence-corrected chi connectivity index (χ4v) is 3.79. The number of urea groups is 1. The Hall–Kier alpha value is -4.31. The van der Waals surface area contributed by atoms with Crippen molar-refractivity contribution in [1.29, 1.82) is 0 Å². The van der Waals surface area contributed by atoms with Crippen LogP contribution >= 0.6 is 15.9 Å². The number of nitrogens with one attached hydrogen (secondary N) is 1. The van der Waals surface area contributed by atoms with Crippen molar-refractivity contribution in [2.45, 2.75) is 0 Å². The van der Waals surface area contributed by atoms with Gasteiger partial charge in [-0.3, -0.25) is 14.9 Å². The highest BCUT2D eigenvalue weighted by molar-refractivity contribution is 9.10. The molecular formula is C27H23BrN2O7. The lowest BCUT2D eigenvalue weighted by atomic mass is 10.1. The van der Waals surface area contributed by atoms with E-state index >= 15 is 0 Å². The molecule has 1 aliphatic heterocycles. The van der Waals surface area contributed by atoms with Crippen LogP contribution < -0.4 is 29.2 Å². The second kappa shape index (κ2) is 11.6. The van der Waals surface area contributed by atoms with Gasteiger partial charge < -0.3 is 18.9 Å². The number of ether oxygens (including phenoxy) is 4. The summed E-state index contributed by atoms with van der Waals surface area (Å²) in [6, 6.07) is 18.0. The summed E-state index contributed by atoms with van der Waals surface area (Å²) in [5, 5.41) is 2.21. The monoisotopic (exact) mass is 566 g/mol. The molecule has 1 fully saturated rings. The van der Waals surface area contributed by atoms with Gasteiger partial charge in [0.2, 0.25) is 0 Å². The van der Waals surface area contributed by atoms with Crippen molar-refractivity contribution >= 4 is 45.5 Å². The Kier molecular flexibility index (Phi) is 8.09. The van der Waals surface area contributed by atoms with Crippen LogP contribution in [-0.4, -0.2) is 45.3 Å². The van der Waals surface area contributed by atoms with Gasteiger partial charge in [0.25, 0.3) is 11.8 Å². The number of hydrogen-bond donors (Lipinski definition) is 1. The van der Waals surface area contributed by atoms with Gasteiger partial charge in [-0.2, -0.15) is 0 Å². The zero-order valence-electron chi connectivity index (χ0n) is 20.0. The van der Waals surface area contributed by atoms with Crippen LogP contribution in [0, 0.1) is 0 Å². The Bertz CT molecular complexity index is 1340. The average molecular weight is 567 g/mol. The molecule has 0 aromatic heterocycles. The van der Waals surface area contributed by atoms with Gasteiger partial charge in [0, 0.05) is 4.47 Å². The fraction of sp³-hybridized carbons (Fsp3) is 0.148. The summed E-state index contributed by atoms with van der Waals surface area (Å²) < 4.78 is 22.8. The Morgan fingerprint density at radius 1 is 0.811 bits per heavy atom. The summed E-state index contributed by atoms with van der Waals surface area (Å²) in [5.41, 5.74) is 0.663. The van der Waals surface area contributed by atoms with E-state index in [0.717, 1.165) is 15.1 Å². The molecule has 9 nitrogen and oxygen atoms in total. The number of halogens is 1. The van der Waals surface area contributed by atoms with Crippen LogP contribution in [0.5, 0.6) is 23.0 Å². The Morgan fingerprint density at radius 3 is 2.16 bits per heavy atom. The number of amides is 4. The van der Waals surface area contributed by atoms with Crippen LogP contribution in [0.15, 0.2) is 76.8 Å². The lowest BCUT2D eigenvalue weighted by Gasteiger charge is -2.26. The van der Waals surface area contributed by atoms with E-state index in [1.54, 1.807) is 73.8 Å². The zero-order chi connectivity index (χ0) is 26.4. The average Bonchev–Trinajstić information content (AvgIpc) is 2.90. The normalized spacial score (nSPS) is 14.4. The molecule has 3 aromatic carbocycles. The van der Waals surface area contributed by atoms with E-state index in [0.29, 0.717) is 35.1 Å². The third kappa shape index (κ3) is 6.10. The molecule has 1 aliphatic rings. The topological polar surface area (TPSA) is 103 Å². The first kappa shape index (κ1) is 25.8. The molecule has 1 saturated heterocycles. The van der Waals surface area contributed by atoms with Crippen LogP contribution in [0.3, 0.4) is 0 Å². The maximum atomic E-state index is 13.1. The highest BCUT2D eigenvalue weighted by atomic mass is 79.9. The van der Waals surface area contributed by atoms with Crippen LogP contribution in [0.4, 0.5) is 10.5 Å². The van der Waals surface area contributed by atoms with E-state index in [1.165, 1.54) is 13.2 Å². The number of benzene rings is 3. The van der Waals surface area contributed by atoms with Crippen molar-refractivity contribution in [3.63, 3.8) is 0 Å². The standard InChI is InChI=1S/C27H23BrN2O7/c1-34-20-8-10-21(11-9-20)36-13-14-37-23-12-3-17(16-24(23)35-2)15-22-25(31)29-27(33)30(26(22)32)19-6-4-18(28)5-7-19/h3-12,15-16H,13-14H2,1-2H3,(H,29,31,33). The SMILES string of the molecule is COc1ccc(OCCOc2ccc(C=C3C(=O)NC(=O)N(c4ccc(Br)cc4)C3=O)cc2OC)cc1. The maximum Gasteiger partial charge on any atom is 0.335 e. The second-order valence-corrected chi connectivity index (χ2v) is 8.63. The first-order chi connectivity index (χ1) is 17.9. The molecule has 10 heteroatoms. The van der Waals surface area contributed by atoms with Crippen molar-refractivity contribution in [3.05, 3.63) is 82.3 Å². The quantitative estimate of drug-likeness (QED) is 0.229. The summed E-state index contributed by atoms with van der Waals surface area (Å²) in [5.74, 6) is 0.787. The highest BCUT2D eigenvalue weighted by Crippen LogP contribution is 2.30. The molecule has 0 bridgehead atoms. The first-order valence-corrected chi connectivity index (χ1v) is 11.9. The summed E-state index contributed by atoms with van der Waals surface area (Å²) in [4.78, 5) is 38.8. The minimum Gasteiger partial charge on any atom is -0.497 e. The summed E-state index contributed by atoms with van der Waals surface area (Å²) in [7, 11) is 3.08. The number of carbonyl (C=O) groups is 3. The van der Waals surface area contributed by atoms with Crippen LogP contribution in [-0.2, 0) is 9.59 Å². The van der Waals surface area contributed by atoms with E-state index in [-0.39, 0.29) is 12.2 Å². The molecule has 1 N–H and O–H groups in total. The number of barbiturate groups is 1. The number of rotatable bonds is 9. The van der Waals surface area contributed by atoms with Crippen molar-refractivity contribution in [1.82, 2.24) is 5.32 Å². The number of imide groups is 2. The Labute approximate surface area is 221 Å². The third-order valence-electron chi connectivity index (χ3n) is 5.35. The molecule has 0 spiro atoms. The van der Waals surface area contributed by atoms with Crippen molar-refractivity contribution in [2.24, 2.45) is 0 Å². The molecule has 0 radical (unpaired) electrons. The largest absolute Gasteiger partial charge is 0.497 e. The molecule has 37 heavy (non-hydrogen) atoms. The van der Waals surface area contributed by atoms with E-state index in [4.69, 9.17) is 18.9 Å². The molecule has 4 rings (SSSR count). The van der Waals surface area contributed by atoms with Gasteiger partial charge >= 0.3 is 6.03 Å². The summed E-state index contributed by atoms with van der Waals surface area (Å²) in [6.45, 7) is 0.559. The molecule has 0 aliphatic carbocycles. The fourth-order valence-electron chi connectivity index (χ4n) is 3.53. The van der Waals surface area contributed by atoms with Gasteiger partial charge in [-0.25, -0.2) is 9.69 Å². The van der Waals surface area contributed by atoms with Crippen molar-refractivity contribution in [2.75, 3.05) is 32.3 Å². The Morgan fingerprint density at radius 2 is 1.49 bits per heavy atom. The van der Waals surface area contributed by atoms with E-state index in [1.807, 2.05) is 0 Å². The van der Waals surface area contributed by atoms with Gasteiger partial charge in [-0.15, -0.1) is 0 Å². The van der Waals surface area contributed by atoms with Crippen LogP contribution in [0.2, 0.25) is 0 Å². The van der Waals surface area contributed by atoms with Gasteiger partial charge in [0.1, 0.15) is 30.3 Å². The number of hydrogen-bond acceptors (Lipinski definition) is 7. The molecule has 0 atom stereocenters. The summed E-state index contributed by atoms with van der Waals surface area (Å²) >= 11 is 3.32. The lowest BCUT2D eigenvalue weighted by molar-refractivity contribution is -0.122. The molecule has 4 amide bonds. The zero-order valence-corrected chi connectivity index (χ0v) is 21.6. The van der Waals surface area contributed by atoms with Gasteiger partial charge in [-0.1, -0.05) is 22.0 Å². The predicted octanol–water partition coefficient (Wildman–Crippen LogP) is 4.59. The van der Waals surface area contributed by atoms with Crippen LogP contribution in [0.1, 0.15) is 5.56 Å². The smallest absolute Gasteiger partial charge is 0.335 e. The second-order valence-electron chi connectivity index (χ2n) is 7.72. The summed E-state index contributed by atoms with van der Waals surface area (Å²) in [6.07, 6.45) is 1.40. The molecular weight excluding hydrogens is 544 g/mol. The van der Waals surface area contributed by atoms with Crippen molar-refractivity contribution in [3.8, 4) is 23.0 Å². The molecule has 0 unspecified atom stereocenters. The molecule has 0 saturated carbocycles. The molecule has 3 aromatic rings.